The van der Waals surface area contributed by atoms with Gasteiger partial charge in [-0.2, -0.15) is 0 Å². The second-order valence-electron chi connectivity index (χ2n) is 2.89. The summed E-state index contributed by atoms with van der Waals surface area (Å²) >= 11 is 0. The van der Waals surface area contributed by atoms with Crippen LogP contribution in [0.1, 0.15) is 0 Å². The summed E-state index contributed by atoms with van der Waals surface area (Å²) < 4.78 is 1.86. The zero-order valence-electron chi connectivity index (χ0n) is 7.71. The van der Waals surface area contributed by atoms with Gasteiger partial charge in [0.05, 0.1) is 0 Å². The first-order valence-corrected chi connectivity index (χ1v) is 3.97. The molecule has 0 bridgehead atoms. The molecule has 2 rings (SSSR count). The van der Waals surface area contributed by atoms with Crippen LogP contribution in [-0.2, 0) is 7.05 Å². The zero-order valence-corrected chi connectivity index (χ0v) is 8.53. The molecular formula is C9H11ClN4. The molecular weight excluding hydrogens is 200 g/mol. The van der Waals surface area contributed by atoms with Crippen molar-refractivity contribution in [1.29, 1.82) is 0 Å². The first-order valence-electron chi connectivity index (χ1n) is 3.97. The van der Waals surface area contributed by atoms with Crippen LogP contribution in [0.15, 0.2) is 30.6 Å². The van der Waals surface area contributed by atoms with E-state index in [9.17, 15) is 0 Å². The van der Waals surface area contributed by atoms with Gasteiger partial charge in [0.25, 0.3) is 0 Å². The van der Waals surface area contributed by atoms with Gasteiger partial charge in [-0.1, -0.05) is 12.1 Å². The quantitative estimate of drug-likeness (QED) is 0.726. The minimum absolute atomic E-state index is 0. The Labute approximate surface area is 88.2 Å². The van der Waals surface area contributed by atoms with E-state index in [2.05, 4.69) is 10.2 Å². The fourth-order valence-corrected chi connectivity index (χ4v) is 1.22. The molecule has 0 amide bonds. The van der Waals surface area contributed by atoms with E-state index in [1.165, 1.54) is 0 Å². The highest BCUT2D eigenvalue weighted by Gasteiger charge is 2.03. The fraction of sp³-hybridized carbons (Fsp3) is 0.111. The third kappa shape index (κ3) is 1.85. The Kier molecular flexibility index (Phi) is 3.09. The maximum atomic E-state index is 5.66. The van der Waals surface area contributed by atoms with Crippen LogP contribution in [0.25, 0.3) is 11.4 Å². The molecule has 1 aromatic carbocycles. The minimum atomic E-state index is 0. The van der Waals surface area contributed by atoms with Gasteiger partial charge in [0.1, 0.15) is 6.33 Å². The molecule has 0 spiro atoms. The summed E-state index contributed by atoms with van der Waals surface area (Å²) in [7, 11) is 1.90. The van der Waals surface area contributed by atoms with Crippen molar-refractivity contribution in [3.05, 3.63) is 30.6 Å². The number of aromatic nitrogens is 3. The first kappa shape index (κ1) is 10.5. The number of nitrogens with two attached hydrogens (primary N) is 1. The van der Waals surface area contributed by atoms with Crippen LogP contribution in [-0.4, -0.2) is 14.8 Å². The van der Waals surface area contributed by atoms with Gasteiger partial charge < -0.3 is 10.3 Å². The average molecular weight is 211 g/mol. The molecule has 1 aromatic heterocycles. The van der Waals surface area contributed by atoms with Crippen molar-refractivity contribution in [2.75, 3.05) is 5.73 Å². The highest BCUT2D eigenvalue weighted by molar-refractivity contribution is 5.85. The summed E-state index contributed by atoms with van der Waals surface area (Å²) in [6.07, 6.45) is 1.67. The van der Waals surface area contributed by atoms with Gasteiger partial charge in [0.2, 0.25) is 0 Å². The SMILES string of the molecule is Cl.Cn1cnnc1-c1cccc(N)c1. The molecule has 5 heteroatoms. The number of nitrogens with zero attached hydrogens (tertiary/aromatic N) is 3. The largest absolute Gasteiger partial charge is 0.399 e. The monoisotopic (exact) mass is 210 g/mol. The molecule has 2 N–H and O–H groups in total. The van der Waals surface area contributed by atoms with E-state index in [1.54, 1.807) is 6.33 Å². The van der Waals surface area contributed by atoms with Crippen LogP contribution in [0.5, 0.6) is 0 Å². The molecule has 0 aliphatic heterocycles. The zero-order chi connectivity index (χ0) is 9.26. The van der Waals surface area contributed by atoms with Gasteiger partial charge in [-0.25, -0.2) is 0 Å². The third-order valence-electron chi connectivity index (χ3n) is 1.86. The van der Waals surface area contributed by atoms with Crippen molar-refractivity contribution in [2.24, 2.45) is 7.05 Å². The number of anilines is 1. The van der Waals surface area contributed by atoms with E-state index in [0.717, 1.165) is 17.1 Å². The molecule has 0 aliphatic carbocycles. The lowest BCUT2D eigenvalue weighted by atomic mass is 10.2. The average Bonchev–Trinajstić information content (AvgIpc) is 2.51. The normalized spacial score (nSPS) is 9.50. The highest BCUT2D eigenvalue weighted by Crippen LogP contribution is 2.17. The van der Waals surface area contributed by atoms with Crippen LogP contribution in [0.2, 0.25) is 0 Å². The summed E-state index contributed by atoms with van der Waals surface area (Å²) in [4.78, 5) is 0. The second kappa shape index (κ2) is 4.11. The van der Waals surface area contributed by atoms with Crippen LogP contribution < -0.4 is 5.73 Å². The molecule has 0 saturated carbocycles. The number of nitrogen functional groups attached to an aromatic ring is 1. The Morgan fingerprint density at radius 3 is 2.71 bits per heavy atom. The molecule has 0 aliphatic rings. The van der Waals surface area contributed by atoms with Crippen LogP contribution in [0.3, 0.4) is 0 Å². The molecule has 0 saturated heterocycles. The summed E-state index contributed by atoms with van der Waals surface area (Å²) in [6.45, 7) is 0. The van der Waals surface area contributed by atoms with Gasteiger partial charge in [0, 0.05) is 18.3 Å². The van der Waals surface area contributed by atoms with E-state index in [1.807, 2.05) is 35.9 Å². The lowest BCUT2D eigenvalue weighted by Crippen LogP contribution is -1.92. The van der Waals surface area contributed by atoms with Crippen molar-refractivity contribution in [3.8, 4) is 11.4 Å². The lowest BCUT2D eigenvalue weighted by Gasteiger charge is -2.00. The molecule has 0 fully saturated rings. The summed E-state index contributed by atoms with van der Waals surface area (Å²) in [6, 6.07) is 7.59. The van der Waals surface area contributed by atoms with E-state index in [4.69, 9.17) is 5.73 Å². The van der Waals surface area contributed by atoms with Crippen molar-refractivity contribution < 1.29 is 0 Å². The number of aryl methyl sites for hydroxylation is 1. The van der Waals surface area contributed by atoms with Gasteiger partial charge in [-0.05, 0) is 12.1 Å². The Balaban J connectivity index is 0.000000980. The van der Waals surface area contributed by atoms with Gasteiger partial charge in [0.15, 0.2) is 5.82 Å². The van der Waals surface area contributed by atoms with Crippen molar-refractivity contribution in [3.63, 3.8) is 0 Å². The Hall–Kier alpha value is -1.55. The number of rotatable bonds is 1. The van der Waals surface area contributed by atoms with Crippen molar-refractivity contribution >= 4 is 18.1 Å². The number of hydrogen-bond donors (Lipinski definition) is 1. The number of benzene rings is 1. The minimum Gasteiger partial charge on any atom is -0.399 e. The molecule has 0 unspecified atom stereocenters. The lowest BCUT2D eigenvalue weighted by molar-refractivity contribution is 0.920. The molecule has 1 heterocycles. The van der Waals surface area contributed by atoms with Crippen LogP contribution in [0, 0.1) is 0 Å². The molecule has 0 atom stereocenters. The summed E-state index contributed by atoms with van der Waals surface area (Å²) in [5, 5.41) is 7.78. The Morgan fingerprint density at radius 2 is 2.14 bits per heavy atom. The first-order chi connectivity index (χ1) is 6.27. The number of halogens is 1. The van der Waals surface area contributed by atoms with Crippen LogP contribution in [0.4, 0.5) is 5.69 Å². The molecule has 4 nitrogen and oxygen atoms in total. The maximum absolute atomic E-state index is 5.66. The summed E-state index contributed by atoms with van der Waals surface area (Å²) in [5.74, 6) is 0.826. The predicted molar refractivity (Wildman–Crippen MR) is 58.1 cm³/mol. The highest BCUT2D eigenvalue weighted by atomic mass is 35.5. The molecule has 14 heavy (non-hydrogen) atoms. The summed E-state index contributed by atoms with van der Waals surface area (Å²) in [5.41, 5.74) is 7.38. The topological polar surface area (TPSA) is 56.7 Å². The van der Waals surface area contributed by atoms with E-state index in [-0.39, 0.29) is 12.4 Å². The Bertz CT molecular complexity index is 424. The third-order valence-corrected chi connectivity index (χ3v) is 1.86. The predicted octanol–water partition coefficient (Wildman–Crippen LogP) is 1.49. The van der Waals surface area contributed by atoms with Gasteiger partial charge in [-0.15, -0.1) is 22.6 Å². The fourth-order valence-electron chi connectivity index (χ4n) is 1.22. The van der Waals surface area contributed by atoms with E-state index in [0.29, 0.717) is 0 Å². The van der Waals surface area contributed by atoms with Crippen molar-refractivity contribution in [2.45, 2.75) is 0 Å². The second-order valence-corrected chi connectivity index (χ2v) is 2.89. The van der Waals surface area contributed by atoms with E-state index < -0.39 is 0 Å². The number of hydrogen-bond acceptors (Lipinski definition) is 3. The molecule has 74 valence electrons. The van der Waals surface area contributed by atoms with Crippen molar-refractivity contribution in [1.82, 2.24) is 14.8 Å². The Morgan fingerprint density at radius 1 is 1.36 bits per heavy atom. The molecule has 2 aromatic rings. The smallest absolute Gasteiger partial charge is 0.163 e. The van der Waals surface area contributed by atoms with Gasteiger partial charge >= 0.3 is 0 Å². The van der Waals surface area contributed by atoms with Gasteiger partial charge in [-0.3, -0.25) is 0 Å². The molecule has 0 radical (unpaired) electrons. The standard InChI is InChI=1S/C9H10N4.ClH/c1-13-6-11-12-9(13)7-3-2-4-8(10)5-7;/h2-6H,10H2,1H3;1H. The van der Waals surface area contributed by atoms with Crippen LogP contribution >= 0.6 is 12.4 Å². The maximum Gasteiger partial charge on any atom is 0.163 e. The van der Waals surface area contributed by atoms with E-state index >= 15 is 0 Å².